The number of benzene rings is 2. The van der Waals surface area contributed by atoms with Gasteiger partial charge in [-0.3, -0.25) is 9.59 Å². The van der Waals surface area contributed by atoms with Crippen LogP contribution in [0.15, 0.2) is 47.4 Å². The molecule has 1 aliphatic heterocycles. The van der Waals surface area contributed by atoms with Gasteiger partial charge in [-0.15, -0.1) is 0 Å². The van der Waals surface area contributed by atoms with Crippen molar-refractivity contribution in [2.45, 2.75) is 25.2 Å². The van der Waals surface area contributed by atoms with E-state index < -0.39 is 10.0 Å². The topological polar surface area (TPSA) is 117 Å². The highest BCUT2D eigenvalue weighted by Crippen LogP contribution is 2.28. The van der Waals surface area contributed by atoms with Gasteiger partial charge in [0.05, 0.1) is 26.7 Å². The van der Waals surface area contributed by atoms with E-state index in [9.17, 15) is 18.0 Å². The van der Waals surface area contributed by atoms with Gasteiger partial charge in [0.25, 0.3) is 5.91 Å². The van der Waals surface area contributed by atoms with Gasteiger partial charge in [-0.1, -0.05) is 19.9 Å². The van der Waals surface area contributed by atoms with Gasteiger partial charge >= 0.3 is 0 Å². The molecule has 0 spiro atoms. The van der Waals surface area contributed by atoms with Crippen LogP contribution < -0.4 is 15.4 Å². The zero-order valence-corrected chi connectivity index (χ0v) is 22.5. The summed E-state index contributed by atoms with van der Waals surface area (Å²) in [7, 11) is -2.38. The number of amides is 2. The first-order valence-corrected chi connectivity index (χ1v) is 13.9. The lowest BCUT2D eigenvalue weighted by Gasteiger charge is -2.26. The second-order valence-electron chi connectivity index (χ2n) is 8.59. The second kappa shape index (κ2) is 13.5. The third-order valence-electron chi connectivity index (χ3n) is 6.22. The van der Waals surface area contributed by atoms with Crippen molar-refractivity contribution in [1.82, 2.24) is 14.5 Å². The number of likely N-dealkylation sites (N-methyl/N-ethyl adjacent to an activating group) is 1. The van der Waals surface area contributed by atoms with Gasteiger partial charge in [-0.2, -0.15) is 4.31 Å². The minimum absolute atomic E-state index is 0.0246. The summed E-state index contributed by atoms with van der Waals surface area (Å²) in [6.07, 6.45) is -0.0246. The summed E-state index contributed by atoms with van der Waals surface area (Å²) in [6, 6.07) is 11.4. The van der Waals surface area contributed by atoms with Crippen molar-refractivity contribution in [1.29, 1.82) is 0 Å². The predicted octanol–water partition coefficient (Wildman–Crippen LogP) is 1.97. The molecule has 2 amide bonds. The molecular weight excluding hydrogens is 496 g/mol. The Morgan fingerprint density at radius 1 is 1.05 bits per heavy atom. The third-order valence-corrected chi connectivity index (χ3v) is 8.14. The van der Waals surface area contributed by atoms with Crippen LogP contribution in [0, 0.1) is 0 Å². The number of morpholine rings is 1. The molecule has 1 saturated heterocycles. The van der Waals surface area contributed by atoms with Gasteiger partial charge in [0.15, 0.2) is 0 Å². The largest absolute Gasteiger partial charge is 0.495 e. The highest BCUT2D eigenvalue weighted by molar-refractivity contribution is 7.89. The van der Waals surface area contributed by atoms with E-state index >= 15 is 0 Å². The number of anilines is 1. The van der Waals surface area contributed by atoms with Crippen LogP contribution in [0.3, 0.4) is 0 Å². The first kappa shape index (κ1) is 28.6. The maximum Gasteiger partial charge on any atom is 0.251 e. The molecule has 2 aromatic rings. The average Bonchev–Trinajstić information content (AvgIpc) is 2.91. The molecular formula is C26H36N4O6S. The molecule has 202 valence electrons. The summed E-state index contributed by atoms with van der Waals surface area (Å²) < 4.78 is 38.2. The second-order valence-corrected chi connectivity index (χ2v) is 10.5. The average molecular weight is 533 g/mol. The van der Waals surface area contributed by atoms with Crippen molar-refractivity contribution < 1.29 is 27.5 Å². The number of nitrogens with zero attached hydrogens (tertiary/aromatic N) is 2. The third kappa shape index (κ3) is 7.75. The Kier molecular flexibility index (Phi) is 10.4. The first-order valence-electron chi connectivity index (χ1n) is 12.4. The van der Waals surface area contributed by atoms with Gasteiger partial charge in [-0.25, -0.2) is 8.42 Å². The Balaban J connectivity index is 1.61. The molecule has 11 heteroatoms. The summed E-state index contributed by atoms with van der Waals surface area (Å²) in [6.45, 7) is 8.57. The molecule has 1 fully saturated rings. The van der Waals surface area contributed by atoms with Crippen molar-refractivity contribution in [2.75, 3.05) is 64.9 Å². The highest BCUT2D eigenvalue weighted by Gasteiger charge is 2.29. The maximum absolute atomic E-state index is 13.2. The molecule has 0 saturated carbocycles. The number of sulfonamides is 1. The van der Waals surface area contributed by atoms with E-state index in [4.69, 9.17) is 9.47 Å². The number of hydrogen-bond acceptors (Lipinski definition) is 7. The minimum Gasteiger partial charge on any atom is -0.495 e. The van der Waals surface area contributed by atoms with E-state index in [1.54, 1.807) is 36.4 Å². The van der Waals surface area contributed by atoms with Crippen LogP contribution in [0.4, 0.5) is 5.69 Å². The van der Waals surface area contributed by atoms with Crippen molar-refractivity contribution in [3.63, 3.8) is 0 Å². The monoisotopic (exact) mass is 532 g/mol. The number of carbonyl (C=O) groups excluding carboxylic acids is 2. The van der Waals surface area contributed by atoms with Crippen LogP contribution in [-0.4, -0.2) is 89.0 Å². The van der Waals surface area contributed by atoms with Crippen molar-refractivity contribution >= 4 is 27.5 Å². The van der Waals surface area contributed by atoms with Crippen LogP contribution in [0.25, 0.3) is 0 Å². The summed E-state index contributed by atoms with van der Waals surface area (Å²) in [5.41, 5.74) is 1.58. The molecule has 10 nitrogen and oxygen atoms in total. The van der Waals surface area contributed by atoms with Crippen LogP contribution in [0.2, 0.25) is 0 Å². The molecule has 0 unspecified atom stereocenters. The number of nitrogens with one attached hydrogen (secondary N) is 2. The summed E-state index contributed by atoms with van der Waals surface area (Å²) in [5, 5.41) is 5.70. The van der Waals surface area contributed by atoms with Crippen LogP contribution in [-0.2, 0) is 26.0 Å². The number of ether oxygens (including phenoxy) is 2. The lowest BCUT2D eigenvalue weighted by Crippen LogP contribution is -2.40. The van der Waals surface area contributed by atoms with Gasteiger partial charge in [0, 0.05) is 37.4 Å². The Bertz CT molecular complexity index is 1160. The number of rotatable bonds is 12. The summed E-state index contributed by atoms with van der Waals surface area (Å²) in [5.74, 6) is -0.254. The smallest absolute Gasteiger partial charge is 0.251 e. The lowest BCUT2D eigenvalue weighted by molar-refractivity contribution is -0.115. The maximum atomic E-state index is 13.2. The predicted molar refractivity (Wildman–Crippen MR) is 141 cm³/mol. The van der Waals surface area contributed by atoms with E-state index in [1.807, 2.05) is 0 Å². The van der Waals surface area contributed by atoms with Crippen LogP contribution in [0.1, 0.15) is 29.8 Å². The van der Waals surface area contributed by atoms with Crippen molar-refractivity contribution in [2.24, 2.45) is 0 Å². The van der Waals surface area contributed by atoms with E-state index in [1.165, 1.54) is 17.5 Å². The molecule has 2 aromatic carbocycles. The Morgan fingerprint density at radius 2 is 1.73 bits per heavy atom. The van der Waals surface area contributed by atoms with Crippen LogP contribution >= 0.6 is 0 Å². The molecule has 3 rings (SSSR count). The zero-order chi connectivity index (χ0) is 26.8. The van der Waals surface area contributed by atoms with Crippen molar-refractivity contribution in [3.8, 4) is 5.75 Å². The zero-order valence-electron chi connectivity index (χ0n) is 21.7. The molecule has 1 aliphatic rings. The molecule has 37 heavy (non-hydrogen) atoms. The molecule has 0 bridgehead atoms. The molecule has 0 aromatic heterocycles. The van der Waals surface area contributed by atoms with E-state index in [0.717, 1.165) is 19.6 Å². The van der Waals surface area contributed by atoms with E-state index in [0.29, 0.717) is 36.6 Å². The Morgan fingerprint density at radius 3 is 2.35 bits per heavy atom. The van der Waals surface area contributed by atoms with E-state index in [2.05, 4.69) is 29.4 Å². The number of methoxy groups -OCH3 is 1. The fourth-order valence-electron chi connectivity index (χ4n) is 4.02. The summed E-state index contributed by atoms with van der Waals surface area (Å²) in [4.78, 5) is 27.3. The number of carbonyl (C=O) groups is 2. The fraction of sp³-hybridized carbons (Fsp3) is 0.462. The summed E-state index contributed by atoms with van der Waals surface area (Å²) >= 11 is 0. The molecule has 0 aliphatic carbocycles. The lowest BCUT2D eigenvalue weighted by atomic mass is 10.1. The molecule has 2 N–H and O–H groups in total. The normalized spacial score (nSPS) is 14.4. The molecule has 0 radical (unpaired) electrons. The van der Waals surface area contributed by atoms with Gasteiger partial charge < -0.3 is 25.0 Å². The van der Waals surface area contributed by atoms with Crippen molar-refractivity contribution in [3.05, 3.63) is 53.6 Å². The SMILES string of the molecule is CCN(CC)CCNC(=O)c1ccc(NC(=O)Cc2ccc(OC)c(S(=O)(=O)N3CCOCC3)c2)cc1. The fourth-order valence-corrected chi connectivity index (χ4v) is 5.64. The molecule has 1 heterocycles. The van der Waals surface area contributed by atoms with Gasteiger partial charge in [-0.05, 0) is 55.1 Å². The Hall–Kier alpha value is -2.99. The van der Waals surface area contributed by atoms with Gasteiger partial charge in [0.2, 0.25) is 15.9 Å². The van der Waals surface area contributed by atoms with E-state index in [-0.39, 0.29) is 42.0 Å². The molecule has 0 atom stereocenters. The highest BCUT2D eigenvalue weighted by atomic mass is 32.2. The van der Waals surface area contributed by atoms with Crippen LogP contribution in [0.5, 0.6) is 5.75 Å². The number of hydrogen-bond donors (Lipinski definition) is 2. The Labute approximate surface area is 219 Å². The van der Waals surface area contributed by atoms with Gasteiger partial charge in [0.1, 0.15) is 10.6 Å². The minimum atomic E-state index is -3.79. The first-order chi connectivity index (χ1) is 17.8. The standard InChI is InChI=1S/C26H36N4O6S/c1-4-29(5-2)13-12-27-26(32)21-7-9-22(10-8-21)28-25(31)19-20-6-11-23(35-3)24(18-20)37(33,34)30-14-16-36-17-15-30/h6-11,18H,4-5,12-17,19H2,1-3H3,(H,27,32)(H,28,31). The quantitative estimate of drug-likeness (QED) is 0.429.